The van der Waals surface area contributed by atoms with Crippen molar-refractivity contribution in [1.82, 2.24) is 14.8 Å². The lowest BCUT2D eigenvalue weighted by atomic mass is 9.72. The monoisotopic (exact) mass is 366 g/mol. The lowest BCUT2D eigenvalue weighted by Gasteiger charge is -2.47. The molecule has 6 heteroatoms. The number of nitrogens with zero attached hydrogens (tertiary/aromatic N) is 3. The molecule has 0 bridgehead atoms. The summed E-state index contributed by atoms with van der Waals surface area (Å²) in [5, 5.41) is 1.22. The average Bonchev–Trinajstić information content (AvgIpc) is 2.67. The van der Waals surface area contributed by atoms with E-state index in [0.717, 1.165) is 44.4 Å². The summed E-state index contributed by atoms with van der Waals surface area (Å²) in [4.78, 5) is 32.0. The molecule has 142 valence electrons. The fourth-order valence-electron chi connectivity index (χ4n) is 4.56. The quantitative estimate of drug-likeness (QED) is 0.897. The first-order chi connectivity index (χ1) is 13.0. The standard InChI is InChI=1S/C21H26N4O2/c22-19(26)14-25-15-21(7-5-20(25)27)8-11-24(12-9-21)13-16-6-10-23-18-4-2-1-3-17(16)18/h1-4,6,10H,5,7-9,11-15H2,(H2,22,26). The van der Waals surface area contributed by atoms with E-state index in [1.165, 1.54) is 10.9 Å². The van der Waals surface area contributed by atoms with Crippen molar-refractivity contribution in [3.63, 3.8) is 0 Å². The van der Waals surface area contributed by atoms with Gasteiger partial charge in [-0.3, -0.25) is 19.5 Å². The number of benzene rings is 1. The summed E-state index contributed by atoms with van der Waals surface area (Å²) in [5.41, 5.74) is 7.80. The van der Waals surface area contributed by atoms with Crippen LogP contribution in [0.4, 0.5) is 0 Å². The Morgan fingerprint density at radius 2 is 1.93 bits per heavy atom. The maximum Gasteiger partial charge on any atom is 0.237 e. The lowest BCUT2D eigenvalue weighted by molar-refractivity contribution is -0.142. The topological polar surface area (TPSA) is 79.5 Å². The van der Waals surface area contributed by atoms with E-state index in [-0.39, 0.29) is 17.9 Å². The van der Waals surface area contributed by atoms with Crippen molar-refractivity contribution in [2.45, 2.75) is 32.2 Å². The number of piperidine rings is 2. The Morgan fingerprint density at radius 1 is 1.15 bits per heavy atom. The molecule has 0 radical (unpaired) electrons. The van der Waals surface area contributed by atoms with Gasteiger partial charge in [0.1, 0.15) is 0 Å². The minimum Gasteiger partial charge on any atom is -0.368 e. The average molecular weight is 366 g/mol. The van der Waals surface area contributed by atoms with Gasteiger partial charge in [0.25, 0.3) is 0 Å². The Kier molecular flexibility index (Phi) is 4.83. The highest BCUT2D eigenvalue weighted by Crippen LogP contribution is 2.40. The molecular weight excluding hydrogens is 340 g/mol. The highest BCUT2D eigenvalue weighted by molar-refractivity contribution is 5.84. The first kappa shape index (κ1) is 17.9. The fraction of sp³-hybridized carbons (Fsp3) is 0.476. The van der Waals surface area contributed by atoms with Crippen molar-refractivity contribution < 1.29 is 9.59 Å². The second kappa shape index (κ2) is 7.27. The maximum absolute atomic E-state index is 12.1. The first-order valence-electron chi connectivity index (χ1n) is 9.66. The zero-order valence-electron chi connectivity index (χ0n) is 15.6. The van der Waals surface area contributed by atoms with E-state index < -0.39 is 5.91 Å². The molecule has 3 heterocycles. The molecule has 6 nitrogen and oxygen atoms in total. The fourth-order valence-corrected chi connectivity index (χ4v) is 4.56. The van der Waals surface area contributed by atoms with Crippen molar-refractivity contribution in [3.05, 3.63) is 42.1 Å². The third-order valence-electron chi connectivity index (χ3n) is 6.14. The number of para-hydroxylation sites is 1. The zero-order valence-corrected chi connectivity index (χ0v) is 15.6. The van der Waals surface area contributed by atoms with Crippen LogP contribution in [0.5, 0.6) is 0 Å². The number of hydrogen-bond donors (Lipinski definition) is 1. The van der Waals surface area contributed by atoms with Crippen molar-refractivity contribution in [2.24, 2.45) is 11.1 Å². The zero-order chi connectivity index (χ0) is 18.9. The molecule has 2 aliphatic rings. The summed E-state index contributed by atoms with van der Waals surface area (Å²) in [6.45, 7) is 3.65. The number of hydrogen-bond acceptors (Lipinski definition) is 4. The summed E-state index contributed by atoms with van der Waals surface area (Å²) >= 11 is 0. The molecule has 27 heavy (non-hydrogen) atoms. The van der Waals surface area contributed by atoms with Crippen LogP contribution in [0.25, 0.3) is 10.9 Å². The third kappa shape index (κ3) is 3.81. The van der Waals surface area contributed by atoms with Crippen LogP contribution in [-0.4, -0.2) is 52.8 Å². The summed E-state index contributed by atoms with van der Waals surface area (Å²) in [5.74, 6) is -0.368. The number of nitrogens with two attached hydrogens (primary N) is 1. The van der Waals surface area contributed by atoms with Crippen LogP contribution in [-0.2, 0) is 16.1 Å². The van der Waals surface area contributed by atoms with Gasteiger partial charge in [0.15, 0.2) is 0 Å². The van der Waals surface area contributed by atoms with Gasteiger partial charge in [-0.1, -0.05) is 18.2 Å². The van der Waals surface area contributed by atoms with E-state index in [1.54, 1.807) is 4.90 Å². The summed E-state index contributed by atoms with van der Waals surface area (Å²) in [6.07, 6.45) is 5.45. The number of likely N-dealkylation sites (tertiary alicyclic amines) is 2. The Bertz CT molecular complexity index is 853. The van der Waals surface area contributed by atoms with Crippen LogP contribution in [0, 0.1) is 5.41 Å². The van der Waals surface area contributed by atoms with E-state index in [4.69, 9.17) is 5.73 Å². The number of carbonyl (C=O) groups is 2. The predicted octanol–water partition coefficient (Wildman–Crippen LogP) is 1.92. The Labute approximate surface area is 159 Å². The molecule has 0 unspecified atom stereocenters. The second-order valence-corrected chi connectivity index (χ2v) is 7.98. The molecule has 1 spiro atoms. The highest BCUT2D eigenvalue weighted by Gasteiger charge is 2.41. The van der Waals surface area contributed by atoms with Gasteiger partial charge < -0.3 is 10.6 Å². The van der Waals surface area contributed by atoms with Crippen LogP contribution < -0.4 is 5.73 Å². The van der Waals surface area contributed by atoms with Crippen molar-refractivity contribution in [2.75, 3.05) is 26.2 Å². The van der Waals surface area contributed by atoms with E-state index >= 15 is 0 Å². The second-order valence-electron chi connectivity index (χ2n) is 7.98. The summed E-state index contributed by atoms with van der Waals surface area (Å²) in [7, 11) is 0. The van der Waals surface area contributed by atoms with E-state index in [1.807, 2.05) is 12.3 Å². The maximum atomic E-state index is 12.1. The van der Waals surface area contributed by atoms with Crippen molar-refractivity contribution in [3.8, 4) is 0 Å². The molecule has 2 saturated heterocycles. The minimum absolute atomic E-state index is 0.0489. The van der Waals surface area contributed by atoms with Gasteiger partial charge >= 0.3 is 0 Å². The van der Waals surface area contributed by atoms with Gasteiger partial charge in [-0.15, -0.1) is 0 Å². The Morgan fingerprint density at radius 3 is 2.70 bits per heavy atom. The van der Waals surface area contributed by atoms with Crippen LogP contribution in [0.2, 0.25) is 0 Å². The number of amides is 2. The number of fused-ring (bicyclic) bond motifs is 1. The van der Waals surface area contributed by atoms with Gasteiger partial charge in [-0.05, 0) is 55.5 Å². The number of carbonyl (C=O) groups excluding carboxylic acids is 2. The molecule has 0 atom stereocenters. The number of pyridine rings is 1. The Balaban J connectivity index is 1.41. The smallest absolute Gasteiger partial charge is 0.237 e. The van der Waals surface area contributed by atoms with Gasteiger partial charge in [-0.25, -0.2) is 0 Å². The van der Waals surface area contributed by atoms with Crippen LogP contribution >= 0.6 is 0 Å². The first-order valence-corrected chi connectivity index (χ1v) is 9.66. The summed E-state index contributed by atoms with van der Waals surface area (Å²) in [6, 6.07) is 10.4. The minimum atomic E-state index is -0.428. The van der Waals surface area contributed by atoms with Crippen LogP contribution in [0.15, 0.2) is 36.5 Å². The summed E-state index contributed by atoms with van der Waals surface area (Å²) < 4.78 is 0. The molecule has 0 aliphatic carbocycles. The lowest BCUT2D eigenvalue weighted by Crippen LogP contribution is -2.53. The molecule has 1 aromatic heterocycles. The SMILES string of the molecule is NC(=O)CN1CC2(CCC1=O)CCN(Cc1ccnc3ccccc13)CC2. The predicted molar refractivity (Wildman–Crippen MR) is 104 cm³/mol. The van der Waals surface area contributed by atoms with Crippen LogP contribution in [0.1, 0.15) is 31.2 Å². The molecule has 1 aromatic carbocycles. The van der Waals surface area contributed by atoms with E-state index in [0.29, 0.717) is 13.0 Å². The molecular formula is C21H26N4O2. The largest absolute Gasteiger partial charge is 0.368 e. The van der Waals surface area contributed by atoms with E-state index in [9.17, 15) is 9.59 Å². The molecule has 4 rings (SSSR count). The molecule has 2 fully saturated rings. The molecule has 2 N–H and O–H groups in total. The number of primary amides is 1. The number of aromatic nitrogens is 1. The van der Waals surface area contributed by atoms with Gasteiger partial charge in [0, 0.05) is 31.1 Å². The third-order valence-corrected chi connectivity index (χ3v) is 6.14. The molecule has 0 saturated carbocycles. The van der Waals surface area contributed by atoms with Crippen LogP contribution in [0.3, 0.4) is 0 Å². The van der Waals surface area contributed by atoms with Gasteiger partial charge in [0.2, 0.25) is 11.8 Å². The van der Waals surface area contributed by atoms with Gasteiger partial charge in [-0.2, -0.15) is 0 Å². The molecule has 2 amide bonds. The normalized spacial score (nSPS) is 20.3. The Hall–Kier alpha value is -2.47. The molecule has 2 aromatic rings. The van der Waals surface area contributed by atoms with Crippen molar-refractivity contribution >= 4 is 22.7 Å². The highest BCUT2D eigenvalue weighted by atomic mass is 16.2. The number of rotatable bonds is 4. The van der Waals surface area contributed by atoms with Gasteiger partial charge in [0.05, 0.1) is 12.1 Å². The van der Waals surface area contributed by atoms with E-state index in [2.05, 4.69) is 34.1 Å². The molecule has 2 aliphatic heterocycles. The van der Waals surface area contributed by atoms with Crippen molar-refractivity contribution in [1.29, 1.82) is 0 Å².